The van der Waals surface area contributed by atoms with Gasteiger partial charge in [0.1, 0.15) is 5.75 Å². The second-order valence-corrected chi connectivity index (χ2v) is 5.29. The van der Waals surface area contributed by atoms with Crippen LogP contribution in [0.2, 0.25) is 5.02 Å². The monoisotopic (exact) mass is 332 g/mol. The second kappa shape index (κ2) is 7.65. The molecular weight excluding hydrogens is 316 g/mol. The molecule has 0 bridgehead atoms. The van der Waals surface area contributed by atoms with E-state index in [9.17, 15) is 9.59 Å². The van der Waals surface area contributed by atoms with Crippen LogP contribution in [0.1, 0.15) is 17.3 Å². The zero-order valence-electron chi connectivity index (χ0n) is 12.9. The third-order valence-electron chi connectivity index (χ3n) is 3.18. The molecule has 2 aromatic carbocycles. The number of hydrogen-bond acceptors (Lipinski definition) is 4. The molecule has 0 radical (unpaired) electrons. The number of rotatable bonds is 6. The number of Topliss-reactive ketones (excluding diaryl/α,β-unsaturated/α-hetero) is 1. The van der Waals surface area contributed by atoms with E-state index >= 15 is 0 Å². The van der Waals surface area contributed by atoms with Crippen molar-refractivity contribution in [3.05, 3.63) is 53.1 Å². The Morgan fingerprint density at radius 1 is 1.09 bits per heavy atom. The van der Waals surface area contributed by atoms with Crippen molar-refractivity contribution in [1.82, 2.24) is 0 Å². The third kappa shape index (κ3) is 4.72. The summed E-state index contributed by atoms with van der Waals surface area (Å²) >= 11 is 6.02. The Bertz CT molecular complexity index is 714. The highest BCUT2D eigenvalue weighted by Crippen LogP contribution is 2.27. The van der Waals surface area contributed by atoms with Gasteiger partial charge >= 0.3 is 0 Å². The van der Waals surface area contributed by atoms with E-state index in [1.807, 2.05) is 0 Å². The van der Waals surface area contributed by atoms with Crippen LogP contribution in [0.15, 0.2) is 42.5 Å². The number of anilines is 2. The lowest BCUT2D eigenvalue weighted by Crippen LogP contribution is -2.21. The topological polar surface area (TPSA) is 67.4 Å². The maximum Gasteiger partial charge on any atom is 0.243 e. The van der Waals surface area contributed by atoms with E-state index in [0.29, 0.717) is 22.0 Å². The van der Waals surface area contributed by atoms with Crippen molar-refractivity contribution in [3.63, 3.8) is 0 Å². The average Bonchev–Trinajstić information content (AvgIpc) is 2.53. The van der Waals surface area contributed by atoms with Crippen LogP contribution in [-0.4, -0.2) is 25.3 Å². The van der Waals surface area contributed by atoms with Gasteiger partial charge in [0.2, 0.25) is 5.91 Å². The summed E-state index contributed by atoms with van der Waals surface area (Å²) in [6.45, 7) is 1.59. The van der Waals surface area contributed by atoms with Gasteiger partial charge in [0.25, 0.3) is 0 Å². The number of nitrogens with one attached hydrogen (secondary N) is 2. The summed E-state index contributed by atoms with van der Waals surface area (Å²) in [5.41, 5.74) is 1.96. The van der Waals surface area contributed by atoms with E-state index in [0.717, 1.165) is 5.69 Å². The molecule has 0 spiro atoms. The van der Waals surface area contributed by atoms with Crippen molar-refractivity contribution >= 4 is 34.7 Å². The number of ketones is 1. The molecule has 2 aromatic rings. The summed E-state index contributed by atoms with van der Waals surface area (Å²) in [4.78, 5) is 23.1. The fourth-order valence-electron chi connectivity index (χ4n) is 1.95. The Labute approximate surface area is 139 Å². The van der Waals surface area contributed by atoms with Gasteiger partial charge in [-0.25, -0.2) is 0 Å². The van der Waals surface area contributed by atoms with Crippen LogP contribution in [0.25, 0.3) is 0 Å². The van der Waals surface area contributed by atoms with Crippen molar-refractivity contribution in [1.29, 1.82) is 0 Å². The molecule has 23 heavy (non-hydrogen) atoms. The molecule has 120 valence electrons. The standard InChI is InChI=1S/C17H17ClN2O3/c1-11(21)12-3-5-13(6-4-12)20-17(22)10-19-14-7-8-16(23-2)15(18)9-14/h3-9,19H,10H2,1-2H3,(H,20,22). The molecule has 0 fully saturated rings. The summed E-state index contributed by atoms with van der Waals surface area (Å²) in [6, 6.07) is 11.9. The van der Waals surface area contributed by atoms with Crippen molar-refractivity contribution < 1.29 is 14.3 Å². The maximum atomic E-state index is 11.9. The van der Waals surface area contributed by atoms with Gasteiger partial charge in [0.05, 0.1) is 18.7 Å². The molecule has 0 unspecified atom stereocenters. The van der Waals surface area contributed by atoms with Crippen molar-refractivity contribution in [2.24, 2.45) is 0 Å². The first-order chi connectivity index (χ1) is 11.0. The van der Waals surface area contributed by atoms with E-state index in [-0.39, 0.29) is 18.2 Å². The fourth-order valence-corrected chi connectivity index (χ4v) is 2.21. The number of methoxy groups -OCH3 is 1. The van der Waals surface area contributed by atoms with Crippen LogP contribution in [-0.2, 0) is 4.79 Å². The lowest BCUT2D eigenvalue weighted by molar-refractivity contribution is -0.114. The Hall–Kier alpha value is -2.53. The molecule has 0 atom stereocenters. The number of carbonyl (C=O) groups is 2. The number of hydrogen-bond donors (Lipinski definition) is 2. The molecule has 2 rings (SSSR count). The Balaban J connectivity index is 1.89. The van der Waals surface area contributed by atoms with Crippen LogP contribution in [0.5, 0.6) is 5.75 Å². The summed E-state index contributed by atoms with van der Waals surface area (Å²) in [5.74, 6) is 0.362. The van der Waals surface area contributed by atoms with E-state index in [4.69, 9.17) is 16.3 Å². The van der Waals surface area contributed by atoms with Crippen molar-refractivity contribution in [2.45, 2.75) is 6.92 Å². The summed E-state index contributed by atoms with van der Waals surface area (Å²) in [5, 5.41) is 6.20. The Morgan fingerprint density at radius 2 is 1.74 bits per heavy atom. The van der Waals surface area contributed by atoms with Gasteiger partial charge in [-0.2, -0.15) is 0 Å². The molecule has 0 aliphatic heterocycles. The summed E-state index contributed by atoms with van der Waals surface area (Å²) in [6.07, 6.45) is 0. The smallest absolute Gasteiger partial charge is 0.243 e. The largest absolute Gasteiger partial charge is 0.495 e. The molecule has 5 nitrogen and oxygen atoms in total. The first-order valence-corrected chi connectivity index (χ1v) is 7.35. The molecule has 0 heterocycles. The zero-order valence-corrected chi connectivity index (χ0v) is 13.6. The third-order valence-corrected chi connectivity index (χ3v) is 3.48. The number of amides is 1. The molecule has 0 aromatic heterocycles. The Kier molecular flexibility index (Phi) is 5.60. The predicted molar refractivity (Wildman–Crippen MR) is 91.6 cm³/mol. The SMILES string of the molecule is COc1ccc(NCC(=O)Nc2ccc(C(C)=O)cc2)cc1Cl. The first kappa shape index (κ1) is 16.8. The molecule has 6 heteroatoms. The number of halogens is 1. The van der Waals surface area contributed by atoms with Gasteiger partial charge < -0.3 is 15.4 Å². The van der Waals surface area contributed by atoms with Gasteiger partial charge in [0.15, 0.2) is 5.78 Å². The maximum absolute atomic E-state index is 11.9. The van der Waals surface area contributed by atoms with Crippen LogP contribution in [0.4, 0.5) is 11.4 Å². The molecule has 0 aliphatic rings. The van der Waals surface area contributed by atoms with Crippen LogP contribution in [0, 0.1) is 0 Å². The average molecular weight is 333 g/mol. The highest BCUT2D eigenvalue weighted by atomic mass is 35.5. The lowest BCUT2D eigenvalue weighted by Gasteiger charge is -2.10. The van der Waals surface area contributed by atoms with Crippen molar-refractivity contribution in [2.75, 3.05) is 24.3 Å². The predicted octanol–water partition coefficient (Wildman–Crippen LogP) is 3.60. The second-order valence-electron chi connectivity index (χ2n) is 4.88. The Morgan fingerprint density at radius 3 is 2.30 bits per heavy atom. The minimum atomic E-state index is -0.201. The van der Waals surface area contributed by atoms with Gasteiger partial charge in [0, 0.05) is 16.9 Å². The van der Waals surface area contributed by atoms with Crippen LogP contribution >= 0.6 is 11.6 Å². The van der Waals surface area contributed by atoms with Gasteiger partial charge in [-0.05, 0) is 49.4 Å². The van der Waals surface area contributed by atoms with Gasteiger partial charge in [-0.15, -0.1) is 0 Å². The van der Waals surface area contributed by atoms with Gasteiger partial charge in [-0.3, -0.25) is 9.59 Å². The summed E-state index contributed by atoms with van der Waals surface area (Å²) in [7, 11) is 1.54. The number of benzene rings is 2. The molecule has 2 N–H and O–H groups in total. The first-order valence-electron chi connectivity index (χ1n) is 6.98. The summed E-state index contributed by atoms with van der Waals surface area (Å²) < 4.78 is 5.07. The minimum absolute atomic E-state index is 0.0130. The number of carbonyl (C=O) groups excluding carboxylic acids is 2. The van der Waals surface area contributed by atoms with Crippen LogP contribution < -0.4 is 15.4 Å². The molecule has 1 amide bonds. The number of ether oxygens (including phenoxy) is 1. The molecule has 0 saturated carbocycles. The fraction of sp³-hybridized carbons (Fsp3) is 0.176. The van der Waals surface area contributed by atoms with E-state index < -0.39 is 0 Å². The molecular formula is C17H17ClN2O3. The molecule has 0 aliphatic carbocycles. The lowest BCUT2D eigenvalue weighted by atomic mass is 10.1. The zero-order chi connectivity index (χ0) is 16.8. The van der Waals surface area contributed by atoms with E-state index in [1.54, 1.807) is 49.6 Å². The molecule has 0 saturated heterocycles. The van der Waals surface area contributed by atoms with E-state index in [1.165, 1.54) is 6.92 Å². The van der Waals surface area contributed by atoms with E-state index in [2.05, 4.69) is 10.6 Å². The van der Waals surface area contributed by atoms with Crippen LogP contribution in [0.3, 0.4) is 0 Å². The minimum Gasteiger partial charge on any atom is -0.495 e. The van der Waals surface area contributed by atoms with Crippen molar-refractivity contribution in [3.8, 4) is 5.75 Å². The highest BCUT2D eigenvalue weighted by molar-refractivity contribution is 6.32. The highest BCUT2D eigenvalue weighted by Gasteiger charge is 2.05. The van der Waals surface area contributed by atoms with Gasteiger partial charge in [-0.1, -0.05) is 11.6 Å². The quantitative estimate of drug-likeness (QED) is 0.793. The normalized spacial score (nSPS) is 10.0.